The quantitative estimate of drug-likeness (QED) is 0.820. The molecule has 0 radical (unpaired) electrons. The Labute approximate surface area is 151 Å². The van der Waals surface area contributed by atoms with Crippen LogP contribution in [0.1, 0.15) is 40.0 Å². The molecule has 0 saturated carbocycles. The van der Waals surface area contributed by atoms with Crippen molar-refractivity contribution in [3.8, 4) is 0 Å². The van der Waals surface area contributed by atoms with E-state index in [1.165, 1.54) is 0 Å². The average molecular weight is 358 g/mol. The number of amides is 2. The van der Waals surface area contributed by atoms with Crippen LogP contribution in [0.3, 0.4) is 0 Å². The van der Waals surface area contributed by atoms with Gasteiger partial charge in [-0.2, -0.15) is 0 Å². The van der Waals surface area contributed by atoms with E-state index in [0.717, 1.165) is 32.4 Å². The van der Waals surface area contributed by atoms with Gasteiger partial charge < -0.3 is 16.0 Å². The number of carbonyl (C=O) groups is 2. The molecule has 2 aromatic rings. The minimum atomic E-state index is -0.315. The Morgan fingerprint density at radius 2 is 1.72 bits per heavy atom. The topological polar surface area (TPSA) is 75.4 Å². The molecule has 1 saturated heterocycles. The fraction of sp³-hybridized carbons (Fsp3) is 0.263. The molecule has 0 unspecified atom stereocenters. The summed E-state index contributed by atoms with van der Waals surface area (Å²) in [6.45, 7) is 1.53. The maximum Gasteiger partial charge on any atom is 0.257 e. The van der Waals surface area contributed by atoms with Crippen LogP contribution < -0.4 is 11.1 Å². The summed E-state index contributed by atoms with van der Waals surface area (Å²) < 4.78 is 0. The fourth-order valence-corrected chi connectivity index (χ4v) is 3.20. The summed E-state index contributed by atoms with van der Waals surface area (Å²) in [5.74, 6) is -0.376. The number of rotatable bonds is 3. The average Bonchev–Trinajstić information content (AvgIpc) is 2.62. The van der Waals surface area contributed by atoms with Gasteiger partial charge in [-0.25, -0.2) is 0 Å². The lowest BCUT2D eigenvalue weighted by atomic mass is 10.1. The Morgan fingerprint density at radius 1 is 1.00 bits per heavy atom. The van der Waals surface area contributed by atoms with Gasteiger partial charge in [0.2, 0.25) is 0 Å². The van der Waals surface area contributed by atoms with Crippen LogP contribution in [0.5, 0.6) is 0 Å². The molecular formula is C19H20ClN3O2. The number of hydrogen-bond donors (Lipinski definition) is 2. The third-order valence-electron chi connectivity index (χ3n) is 4.31. The number of hydrogen-bond acceptors (Lipinski definition) is 3. The number of benzene rings is 2. The second-order valence-corrected chi connectivity index (χ2v) is 6.50. The van der Waals surface area contributed by atoms with Crippen molar-refractivity contribution in [2.45, 2.75) is 19.3 Å². The van der Waals surface area contributed by atoms with E-state index in [0.29, 0.717) is 27.5 Å². The van der Waals surface area contributed by atoms with E-state index < -0.39 is 0 Å². The molecule has 6 heteroatoms. The number of piperidine rings is 1. The van der Waals surface area contributed by atoms with E-state index in [9.17, 15) is 9.59 Å². The van der Waals surface area contributed by atoms with E-state index in [1.54, 1.807) is 42.5 Å². The number of nitrogens with two attached hydrogens (primary N) is 1. The highest BCUT2D eigenvalue weighted by molar-refractivity contribution is 6.34. The highest BCUT2D eigenvalue weighted by Crippen LogP contribution is 2.24. The van der Waals surface area contributed by atoms with E-state index in [2.05, 4.69) is 5.32 Å². The lowest BCUT2D eigenvalue weighted by molar-refractivity contribution is 0.0724. The molecule has 25 heavy (non-hydrogen) atoms. The first kappa shape index (κ1) is 17.3. The molecule has 2 aromatic carbocycles. The number of nitrogens with zero attached hydrogens (tertiary/aromatic N) is 1. The molecule has 1 heterocycles. The van der Waals surface area contributed by atoms with Gasteiger partial charge in [-0.15, -0.1) is 0 Å². The van der Waals surface area contributed by atoms with E-state index in [4.69, 9.17) is 17.3 Å². The molecule has 1 aliphatic rings. The summed E-state index contributed by atoms with van der Waals surface area (Å²) in [7, 11) is 0. The number of nitrogens with one attached hydrogen (secondary N) is 1. The maximum absolute atomic E-state index is 12.6. The summed E-state index contributed by atoms with van der Waals surface area (Å²) in [5.41, 5.74) is 7.60. The molecule has 2 amide bonds. The van der Waals surface area contributed by atoms with E-state index >= 15 is 0 Å². The third kappa shape index (κ3) is 3.94. The predicted octanol–water partition coefficient (Wildman–Crippen LogP) is 3.80. The monoisotopic (exact) mass is 357 g/mol. The van der Waals surface area contributed by atoms with Crippen molar-refractivity contribution in [3.05, 3.63) is 58.6 Å². The van der Waals surface area contributed by atoms with E-state index in [-0.39, 0.29) is 11.8 Å². The normalized spacial score (nSPS) is 14.2. The van der Waals surface area contributed by atoms with Crippen LogP contribution in [0.25, 0.3) is 0 Å². The zero-order chi connectivity index (χ0) is 17.8. The SMILES string of the molecule is Nc1ccccc1C(=O)Nc1ccc(C(=O)N2CCCCC2)c(Cl)c1. The van der Waals surface area contributed by atoms with Crippen LogP contribution in [0.4, 0.5) is 11.4 Å². The standard InChI is InChI=1S/C19H20ClN3O2/c20-16-12-13(22-18(24)15-6-2-3-7-17(15)21)8-9-14(16)19(25)23-10-4-1-5-11-23/h2-3,6-9,12H,1,4-5,10-11,21H2,(H,22,24). The first-order valence-electron chi connectivity index (χ1n) is 8.31. The molecular weight excluding hydrogens is 338 g/mol. The minimum Gasteiger partial charge on any atom is -0.398 e. The smallest absolute Gasteiger partial charge is 0.257 e. The molecule has 1 aliphatic heterocycles. The molecule has 0 atom stereocenters. The van der Waals surface area contributed by atoms with Crippen molar-refractivity contribution in [1.82, 2.24) is 4.90 Å². The number of carbonyl (C=O) groups excluding carboxylic acids is 2. The number of halogens is 1. The zero-order valence-electron chi connectivity index (χ0n) is 13.8. The largest absolute Gasteiger partial charge is 0.398 e. The highest BCUT2D eigenvalue weighted by Gasteiger charge is 2.20. The minimum absolute atomic E-state index is 0.0603. The molecule has 0 aromatic heterocycles. The summed E-state index contributed by atoms with van der Waals surface area (Å²) in [4.78, 5) is 26.7. The molecule has 0 aliphatic carbocycles. The molecule has 3 N–H and O–H groups in total. The zero-order valence-corrected chi connectivity index (χ0v) is 14.6. The van der Waals surface area contributed by atoms with Gasteiger partial charge in [-0.1, -0.05) is 23.7 Å². The van der Waals surface area contributed by atoms with Gasteiger partial charge in [0.05, 0.1) is 16.1 Å². The van der Waals surface area contributed by atoms with Gasteiger partial charge in [-0.05, 0) is 49.6 Å². The maximum atomic E-state index is 12.6. The predicted molar refractivity (Wildman–Crippen MR) is 100 cm³/mol. The molecule has 3 rings (SSSR count). The first-order chi connectivity index (χ1) is 12.1. The molecule has 5 nitrogen and oxygen atoms in total. The van der Waals surface area contributed by atoms with Crippen LogP contribution in [-0.4, -0.2) is 29.8 Å². The van der Waals surface area contributed by atoms with Gasteiger partial charge in [-0.3, -0.25) is 9.59 Å². The number of nitrogen functional groups attached to an aromatic ring is 1. The second-order valence-electron chi connectivity index (χ2n) is 6.09. The van der Waals surface area contributed by atoms with Gasteiger partial charge in [0, 0.05) is 24.5 Å². The summed E-state index contributed by atoms with van der Waals surface area (Å²) in [5, 5.41) is 3.09. The van der Waals surface area contributed by atoms with Gasteiger partial charge in [0.25, 0.3) is 11.8 Å². The van der Waals surface area contributed by atoms with Gasteiger partial charge in [0.1, 0.15) is 0 Å². The van der Waals surface area contributed by atoms with Crippen LogP contribution in [-0.2, 0) is 0 Å². The van der Waals surface area contributed by atoms with Crippen molar-refractivity contribution in [2.24, 2.45) is 0 Å². The van der Waals surface area contributed by atoms with Crippen LogP contribution >= 0.6 is 11.6 Å². The number of likely N-dealkylation sites (tertiary alicyclic amines) is 1. The summed E-state index contributed by atoms with van der Waals surface area (Å²) >= 11 is 6.28. The Hall–Kier alpha value is -2.53. The first-order valence-corrected chi connectivity index (χ1v) is 8.69. The van der Waals surface area contributed by atoms with Crippen LogP contribution in [0.15, 0.2) is 42.5 Å². The Balaban J connectivity index is 1.74. The summed E-state index contributed by atoms with van der Waals surface area (Å²) in [6, 6.07) is 11.8. The van der Waals surface area contributed by atoms with E-state index in [1.807, 2.05) is 4.90 Å². The van der Waals surface area contributed by atoms with Gasteiger partial charge in [0.15, 0.2) is 0 Å². The molecule has 130 valence electrons. The van der Waals surface area contributed by atoms with Gasteiger partial charge >= 0.3 is 0 Å². The Bertz CT molecular complexity index is 801. The number of para-hydroxylation sites is 1. The lowest BCUT2D eigenvalue weighted by Crippen LogP contribution is -2.35. The third-order valence-corrected chi connectivity index (χ3v) is 4.62. The molecule has 0 bridgehead atoms. The second kappa shape index (κ2) is 7.57. The van der Waals surface area contributed by atoms with Crippen molar-refractivity contribution < 1.29 is 9.59 Å². The van der Waals surface area contributed by atoms with Crippen molar-refractivity contribution in [2.75, 3.05) is 24.1 Å². The fourth-order valence-electron chi connectivity index (χ4n) is 2.94. The Morgan fingerprint density at radius 3 is 2.40 bits per heavy atom. The molecule has 0 spiro atoms. The van der Waals surface area contributed by atoms with Crippen molar-refractivity contribution in [3.63, 3.8) is 0 Å². The lowest BCUT2D eigenvalue weighted by Gasteiger charge is -2.27. The van der Waals surface area contributed by atoms with Crippen LogP contribution in [0.2, 0.25) is 5.02 Å². The van der Waals surface area contributed by atoms with Crippen molar-refractivity contribution >= 4 is 34.8 Å². The highest BCUT2D eigenvalue weighted by atomic mass is 35.5. The number of anilines is 2. The molecule has 1 fully saturated rings. The summed E-state index contributed by atoms with van der Waals surface area (Å²) in [6.07, 6.45) is 3.21. The van der Waals surface area contributed by atoms with Crippen LogP contribution in [0, 0.1) is 0 Å². The van der Waals surface area contributed by atoms with Crippen molar-refractivity contribution in [1.29, 1.82) is 0 Å². The Kier molecular flexibility index (Phi) is 5.24.